The van der Waals surface area contributed by atoms with Crippen LogP contribution in [0.15, 0.2) is 41.4 Å². The van der Waals surface area contributed by atoms with Crippen molar-refractivity contribution < 1.29 is 14.2 Å². The summed E-state index contributed by atoms with van der Waals surface area (Å²) in [5, 5.41) is 6.50. The van der Waals surface area contributed by atoms with Crippen LogP contribution in [-0.4, -0.2) is 38.8 Å². The molecule has 0 fully saturated rings. The number of aliphatic imine (C=N–C) groups is 1. The Morgan fingerprint density at radius 2 is 1.85 bits per heavy atom. The van der Waals surface area contributed by atoms with Gasteiger partial charge in [0.25, 0.3) is 0 Å². The lowest BCUT2D eigenvalue weighted by atomic mass is 10.2. The van der Waals surface area contributed by atoms with Crippen molar-refractivity contribution in [3.63, 3.8) is 0 Å². The lowest BCUT2D eigenvalue weighted by Gasteiger charge is -2.13. The van der Waals surface area contributed by atoms with Gasteiger partial charge in [0.15, 0.2) is 5.96 Å². The van der Waals surface area contributed by atoms with Gasteiger partial charge >= 0.3 is 0 Å². The Bertz CT molecular complexity index is 741. The van der Waals surface area contributed by atoms with Crippen LogP contribution in [0.4, 0.5) is 0 Å². The Morgan fingerprint density at radius 3 is 2.52 bits per heavy atom. The van der Waals surface area contributed by atoms with Crippen molar-refractivity contribution in [2.24, 2.45) is 4.99 Å². The number of nitrogens with zero attached hydrogens (tertiary/aromatic N) is 2. The minimum atomic E-state index is 0. The van der Waals surface area contributed by atoms with Crippen molar-refractivity contribution in [3.8, 4) is 17.4 Å². The number of guanidine groups is 1. The summed E-state index contributed by atoms with van der Waals surface area (Å²) in [6.45, 7) is 3.81. The largest absolute Gasteiger partial charge is 0.497 e. The second-order valence-electron chi connectivity index (χ2n) is 5.40. The summed E-state index contributed by atoms with van der Waals surface area (Å²) in [5.74, 6) is 2.80. The predicted octanol–water partition coefficient (Wildman–Crippen LogP) is 2.98. The van der Waals surface area contributed by atoms with Crippen LogP contribution in [0.3, 0.4) is 0 Å². The number of benzene rings is 1. The van der Waals surface area contributed by atoms with Gasteiger partial charge in [0.1, 0.15) is 11.5 Å². The van der Waals surface area contributed by atoms with E-state index in [1.54, 1.807) is 21.3 Å². The zero-order chi connectivity index (χ0) is 18.8. The van der Waals surface area contributed by atoms with Crippen LogP contribution in [0.5, 0.6) is 17.4 Å². The average molecular weight is 486 g/mol. The zero-order valence-electron chi connectivity index (χ0n) is 16.1. The molecule has 0 aliphatic carbocycles. The quantitative estimate of drug-likeness (QED) is 0.340. The van der Waals surface area contributed by atoms with Gasteiger partial charge in [0.05, 0.1) is 40.1 Å². The maximum Gasteiger partial charge on any atom is 0.213 e. The highest BCUT2D eigenvalue weighted by atomic mass is 127. The summed E-state index contributed by atoms with van der Waals surface area (Å²) in [6, 6.07) is 11.4. The molecule has 2 N–H and O–H groups in total. The Balaban J connectivity index is 0.00000364. The first-order valence-electron chi connectivity index (χ1n) is 8.43. The number of ether oxygens (including phenoxy) is 3. The van der Waals surface area contributed by atoms with E-state index in [4.69, 9.17) is 14.2 Å². The third kappa shape index (κ3) is 7.12. The van der Waals surface area contributed by atoms with Crippen molar-refractivity contribution in [2.45, 2.75) is 20.0 Å². The van der Waals surface area contributed by atoms with Gasteiger partial charge < -0.3 is 24.8 Å². The molecular weight excluding hydrogens is 459 g/mol. The van der Waals surface area contributed by atoms with Crippen LogP contribution < -0.4 is 24.8 Å². The molecule has 0 aliphatic rings. The van der Waals surface area contributed by atoms with Crippen molar-refractivity contribution in [1.82, 2.24) is 15.6 Å². The molecule has 0 unspecified atom stereocenters. The number of rotatable bonds is 8. The monoisotopic (exact) mass is 486 g/mol. The molecule has 0 aliphatic heterocycles. The second-order valence-corrected chi connectivity index (χ2v) is 5.40. The van der Waals surface area contributed by atoms with Crippen molar-refractivity contribution in [1.29, 1.82) is 0 Å². The molecular formula is C19H27IN4O3. The normalized spacial score (nSPS) is 10.6. The Hall–Kier alpha value is -2.23. The fourth-order valence-electron chi connectivity index (χ4n) is 2.33. The first-order valence-corrected chi connectivity index (χ1v) is 8.43. The van der Waals surface area contributed by atoms with Crippen LogP contribution >= 0.6 is 24.0 Å². The molecule has 0 amide bonds. The highest BCUT2D eigenvalue weighted by molar-refractivity contribution is 14.0. The summed E-state index contributed by atoms with van der Waals surface area (Å²) < 4.78 is 15.8. The zero-order valence-corrected chi connectivity index (χ0v) is 18.4. The van der Waals surface area contributed by atoms with Gasteiger partial charge in [-0.2, -0.15) is 0 Å². The van der Waals surface area contributed by atoms with E-state index in [2.05, 4.69) is 20.6 Å². The maximum atomic E-state index is 5.42. The van der Waals surface area contributed by atoms with Crippen LogP contribution in [-0.2, 0) is 13.1 Å². The summed E-state index contributed by atoms with van der Waals surface area (Å²) in [5.41, 5.74) is 1.85. The predicted molar refractivity (Wildman–Crippen MR) is 117 cm³/mol. The third-order valence-electron chi connectivity index (χ3n) is 3.67. The Morgan fingerprint density at radius 1 is 1.04 bits per heavy atom. The molecule has 27 heavy (non-hydrogen) atoms. The molecule has 1 heterocycles. The number of halogens is 1. The first-order chi connectivity index (χ1) is 12.7. The first kappa shape index (κ1) is 22.8. The lowest BCUT2D eigenvalue weighted by molar-refractivity contribution is 0.391. The Labute approximate surface area is 177 Å². The minimum absolute atomic E-state index is 0. The number of pyridine rings is 1. The van der Waals surface area contributed by atoms with E-state index in [1.165, 1.54) is 0 Å². The molecule has 2 rings (SSSR count). The highest BCUT2D eigenvalue weighted by Crippen LogP contribution is 2.25. The molecule has 8 heteroatoms. The van der Waals surface area contributed by atoms with Crippen LogP contribution in [0, 0.1) is 0 Å². The number of hydrogen-bond donors (Lipinski definition) is 2. The van der Waals surface area contributed by atoms with Crippen molar-refractivity contribution >= 4 is 29.9 Å². The van der Waals surface area contributed by atoms with Crippen LogP contribution in [0.1, 0.15) is 18.2 Å². The summed E-state index contributed by atoms with van der Waals surface area (Å²) >= 11 is 0. The van der Waals surface area contributed by atoms with Crippen molar-refractivity contribution in [3.05, 3.63) is 47.7 Å². The molecule has 0 radical (unpaired) electrons. The van der Waals surface area contributed by atoms with Crippen LogP contribution in [0.2, 0.25) is 0 Å². The van der Waals surface area contributed by atoms with Gasteiger partial charge in [-0.15, -0.1) is 24.0 Å². The molecule has 148 valence electrons. The van der Waals surface area contributed by atoms with E-state index in [-0.39, 0.29) is 24.0 Å². The highest BCUT2D eigenvalue weighted by Gasteiger charge is 2.06. The number of aromatic nitrogens is 1. The molecule has 0 saturated carbocycles. The van der Waals surface area contributed by atoms with E-state index in [0.29, 0.717) is 24.9 Å². The van der Waals surface area contributed by atoms with Crippen LogP contribution in [0.25, 0.3) is 0 Å². The van der Waals surface area contributed by atoms with E-state index >= 15 is 0 Å². The molecule has 0 atom stereocenters. The lowest BCUT2D eigenvalue weighted by Crippen LogP contribution is -2.37. The van der Waals surface area contributed by atoms with Gasteiger partial charge in [-0.1, -0.05) is 6.07 Å². The van der Waals surface area contributed by atoms with Gasteiger partial charge in [-0.3, -0.25) is 0 Å². The van der Waals surface area contributed by atoms with Crippen molar-refractivity contribution in [2.75, 3.05) is 27.9 Å². The number of hydrogen-bond acceptors (Lipinski definition) is 5. The maximum absolute atomic E-state index is 5.42. The van der Waals surface area contributed by atoms with Gasteiger partial charge in [-0.05, 0) is 25.1 Å². The van der Waals surface area contributed by atoms with E-state index in [1.807, 2.05) is 43.3 Å². The van der Waals surface area contributed by atoms with E-state index < -0.39 is 0 Å². The topological polar surface area (TPSA) is 77.0 Å². The minimum Gasteiger partial charge on any atom is -0.497 e. The molecule has 7 nitrogen and oxygen atoms in total. The molecule has 0 saturated heterocycles. The molecule has 2 aromatic rings. The van der Waals surface area contributed by atoms with E-state index in [9.17, 15) is 0 Å². The standard InChI is InChI=1S/C19H26N4O3.HI/c1-5-20-19(22-13-15-7-6-8-18(23-15)26-4)21-12-14-9-10-16(24-2)11-17(14)25-3;/h6-11H,5,12-13H2,1-4H3,(H2,20,21,22);1H. The molecule has 1 aromatic carbocycles. The molecule has 0 spiro atoms. The van der Waals surface area contributed by atoms with Gasteiger partial charge in [0.2, 0.25) is 5.88 Å². The number of methoxy groups -OCH3 is 3. The smallest absolute Gasteiger partial charge is 0.213 e. The fourth-order valence-corrected chi connectivity index (χ4v) is 2.33. The summed E-state index contributed by atoms with van der Waals surface area (Å²) in [4.78, 5) is 9.01. The van der Waals surface area contributed by atoms with Gasteiger partial charge in [-0.25, -0.2) is 9.98 Å². The number of nitrogens with one attached hydrogen (secondary N) is 2. The molecule has 0 bridgehead atoms. The summed E-state index contributed by atoms with van der Waals surface area (Å²) in [7, 11) is 4.87. The summed E-state index contributed by atoms with van der Waals surface area (Å²) in [6.07, 6.45) is 0. The molecule has 1 aromatic heterocycles. The third-order valence-corrected chi connectivity index (χ3v) is 3.67. The average Bonchev–Trinajstić information content (AvgIpc) is 2.70. The second kappa shape index (κ2) is 12.2. The Kier molecular flexibility index (Phi) is 10.3. The van der Waals surface area contributed by atoms with Gasteiger partial charge in [0, 0.05) is 24.2 Å². The van der Waals surface area contributed by atoms with E-state index in [0.717, 1.165) is 29.3 Å². The fraction of sp³-hybridized carbons (Fsp3) is 0.368. The SMILES string of the molecule is CCNC(=NCc1ccc(OC)cc1OC)NCc1cccc(OC)n1.I.